The summed E-state index contributed by atoms with van der Waals surface area (Å²) in [6.45, 7) is 1.82. The first-order chi connectivity index (χ1) is 11.9. The Bertz CT molecular complexity index is 765. The molecule has 0 radical (unpaired) electrons. The monoisotopic (exact) mass is 347 g/mol. The van der Waals surface area contributed by atoms with Crippen molar-refractivity contribution in [3.05, 3.63) is 64.0 Å². The van der Waals surface area contributed by atoms with E-state index < -0.39 is 4.92 Å². The highest BCUT2D eigenvalue weighted by Crippen LogP contribution is 2.28. The van der Waals surface area contributed by atoms with E-state index in [1.165, 1.54) is 37.4 Å². The van der Waals surface area contributed by atoms with Crippen LogP contribution in [0.4, 0.5) is 15.8 Å². The average Bonchev–Trinajstić information content (AvgIpc) is 2.60. The number of benzene rings is 2. The zero-order valence-electron chi connectivity index (χ0n) is 13.8. The van der Waals surface area contributed by atoms with Crippen LogP contribution in [0, 0.1) is 15.9 Å². The molecule has 0 heterocycles. The number of halogens is 1. The predicted octanol–water partition coefficient (Wildman–Crippen LogP) is 3.03. The molecule has 2 rings (SSSR count). The number of ether oxygens (including phenoxy) is 1. The topological polar surface area (TPSA) is 93.5 Å². The van der Waals surface area contributed by atoms with Crippen LogP contribution in [0.1, 0.15) is 18.5 Å². The Balaban J connectivity index is 1.99. The summed E-state index contributed by atoms with van der Waals surface area (Å²) in [6.07, 6.45) is 0. The number of nitrogens with one attached hydrogen (secondary N) is 2. The van der Waals surface area contributed by atoms with Crippen molar-refractivity contribution in [1.29, 1.82) is 0 Å². The van der Waals surface area contributed by atoms with Gasteiger partial charge in [0.15, 0.2) is 0 Å². The lowest BCUT2D eigenvalue weighted by atomic mass is 10.1. The van der Waals surface area contributed by atoms with Crippen molar-refractivity contribution in [2.24, 2.45) is 0 Å². The molecule has 0 saturated heterocycles. The van der Waals surface area contributed by atoms with Crippen molar-refractivity contribution in [3.8, 4) is 5.75 Å². The highest BCUT2D eigenvalue weighted by atomic mass is 19.1. The molecule has 0 fully saturated rings. The largest absolute Gasteiger partial charge is 0.495 e. The van der Waals surface area contributed by atoms with Gasteiger partial charge in [0.05, 0.1) is 24.3 Å². The molecular formula is C17H18FN3O4. The van der Waals surface area contributed by atoms with Gasteiger partial charge in [-0.2, -0.15) is 0 Å². The van der Waals surface area contributed by atoms with E-state index in [1.807, 2.05) is 6.92 Å². The number of nitro groups is 1. The van der Waals surface area contributed by atoms with E-state index in [0.29, 0.717) is 5.75 Å². The Morgan fingerprint density at radius 2 is 1.96 bits per heavy atom. The van der Waals surface area contributed by atoms with Crippen molar-refractivity contribution in [3.63, 3.8) is 0 Å². The lowest BCUT2D eigenvalue weighted by Crippen LogP contribution is -2.30. The van der Waals surface area contributed by atoms with Gasteiger partial charge in [0.1, 0.15) is 11.6 Å². The molecule has 1 atom stereocenters. The second kappa shape index (κ2) is 8.20. The van der Waals surface area contributed by atoms with Gasteiger partial charge >= 0.3 is 0 Å². The third kappa shape index (κ3) is 4.98. The molecule has 2 aromatic carbocycles. The summed E-state index contributed by atoms with van der Waals surface area (Å²) in [5.74, 6) is -0.384. The Morgan fingerprint density at radius 3 is 2.56 bits per heavy atom. The van der Waals surface area contributed by atoms with Crippen LogP contribution in [0.15, 0.2) is 42.5 Å². The summed E-state index contributed by atoms with van der Waals surface area (Å²) in [4.78, 5) is 22.4. The van der Waals surface area contributed by atoms with Crippen LogP contribution in [0.5, 0.6) is 5.75 Å². The minimum atomic E-state index is -0.552. The quantitative estimate of drug-likeness (QED) is 0.593. The highest BCUT2D eigenvalue weighted by Gasteiger charge is 2.14. The van der Waals surface area contributed by atoms with Crippen LogP contribution in [0.3, 0.4) is 0 Å². The van der Waals surface area contributed by atoms with E-state index in [0.717, 1.165) is 5.56 Å². The van der Waals surface area contributed by atoms with E-state index >= 15 is 0 Å². The molecule has 7 nitrogen and oxygen atoms in total. The first kappa shape index (κ1) is 18.3. The number of non-ortho nitro benzene ring substituents is 1. The second-order valence-electron chi connectivity index (χ2n) is 5.34. The van der Waals surface area contributed by atoms with Gasteiger partial charge in [0, 0.05) is 18.2 Å². The van der Waals surface area contributed by atoms with Gasteiger partial charge in [-0.15, -0.1) is 0 Å². The van der Waals surface area contributed by atoms with E-state index in [-0.39, 0.29) is 35.7 Å². The predicted molar refractivity (Wildman–Crippen MR) is 91.1 cm³/mol. The third-order valence-electron chi connectivity index (χ3n) is 3.61. The van der Waals surface area contributed by atoms with E-state index in [1.54, 1.807) is 12.1 Å². The standard InChI is InChI=1S/C17H18FN3O4/c1-11(12-3-5-13(18)6-4-12)19-10-17(22)20-15-9-14(21(23)24)7-8-16(15)25-2/h3-9,11,19H,10H2,1-2H3,(H,20,22). The smallest absolute Gasteiger partial charge is 0.271 e. The van der Waals surface area contributed by atoms with Gasteiger partial charge in [-0.3, -0.25) is 14.9 Å². The van der Waals surface area contributed by atoms with Gasteiger partial charge in [0.25, 0.3) is 5.69 Å². The number of rotatable bonds is 7. The molecule has 1 unspecified atom stereocenters. The molecule has 8 heteroatoms. The van der Waals surface area contributed by atoms with Crippen molar-refractivity contribution in [2.45, 2.75) is 13.0 Å². The summed E-state index contributed by atoms with van der Waals surface area (Å²) < 4.78 is 18.0. The molecule has 0 spiro atoms. The molecule has 0 aliphatic heterocycles. The minimum Gasteiger partial charge on any atom is -0.495 e. The molecule has 132 valence electrons. The van der Waals surface area contributed by atoms with Gasteiger partial charge in [0.2, 0.25) is 5.91 Å². The zero-order chi connectivity index (χ0) is 18.4. The first-order valence-corrected chi connectivity index (χ1v) is 7.52. The lowest BCUT2D eigenvalue weighted by molar-refractivity contribution is -0.384. The van der Waals surface area contributed by atoms with Gasteiger partial charge in [-0.05, 0) is 30.7 Å². The number of carbonyl (C=O) groups excluding carboxylic acids is 1. The lowest BCUT2D eigenvalue weighted by Gasteiger charge is -2.15. The van der Waals surface area contributed by atoms with Crippen LogP contribution in [0.25, 0.3) is 0 Å². The maximum Gasteiger partial charge on any atom is 0.271 e. The number of nitrogens with zero attached hydrogens (tertiary/aromatic N) is 1. The van der Waals surface area contributed by atoms with Crippen molar-refractivity contribution >= 4 is 17.3 Å². The molecule has 2 N–H and O–H groups in total. The van der Waals surface area contributed by atoms with Gasteiger partial charge in [-0.25, -0.2) is 4.39 Å². The molecule has 0 saturated carbocycles. The number of nitro benzene ring substituents is 1. The zero-order valence-corrected chi connectivity index (χ0v) is 13.8. The molecule has 1 amide bonds. The Hall–Kier alpha value is -3.00. The number of anilines is 1. The SMILES string of the molecule is COc1ccc([N+](=O)[O-])cc1NC(=O)CNC(C)c1ccc(F)cc1. The summed E-state index contributed by atoms with van der Waals surface area (Å²) in [5.41, 5.74) is 0.906. The number of carbonyl (C=O) groups is 1. The Kier molecular flexibility index (Phi) is 6.02. The molecule has 0 aromatic heterocycles. The summed E-state index contributed by atoms with van der Waals surface area (Å²) in [6, 6.07) is 9.75. The molecule has 0 aliphatic carbocycles. The van der Waals surface area contributed by atoms with E-state index in [9.17, 15) is 19.3 Å². The molecular weight excluding hydrogens is 329 g/mol. The fourth-order valence-corrected chi connectivity index (χ4v) is 2.22. The van der Waals surface area contributed by atoms with E-state index in [4.69, 9.17) is 4.74 Å². The molecule has 25 heavy (non-hydrogen) atoms. The van der Waals surface area contributed by atoms with Crippen molar-refractivity contribution in [1.82, 2.24) is 5.32 Å². The number of hydrogen-bond donors (Lipinski definition) is 2. The first-order valence-electron chi connectivity index (χ1n) is 7.52. The average molecular weight is 347 g/mol. The van der Waals surface area contributed by atoms with Crippen LogP contribution in [-0.2, 0) is 4.79 Å². The van der Waals surface area contributed by atoms with Crippen LogP contribution in [0.2, 0.25) is 0 Å². The fourth-order valence-electron chi connectivity index (χ4n) is 2.22. The maximum absolute atomic E-state index is 12.9. The van der Waals surface area contributed by atoms with Crippen LogP contribution in [-0.4, -0.2) is 24.5 Å². The summed E-state index contributed by atoms with van der Waals surface area (Å²) >= 11 is 0. The van der Waals surface area contributed by atoms with Crippen LogP contribution >= 0.6 is 0 Å². The van der Waals surface area contributed by atoms with Crippen LogP contribution < -0.4 is 15.4 Å². The fraction of sp³-hybridized carbons (Fsp3) is 0.235. The van der Waals surface area contributed by atoms with E-state index in [2.05, 4.69) is 10.6 Å². The maximum atomic E-state index is 12.9. The minimum absolute atomic E-state index is 0.0234. The number of methoxy groups -OCH3 is 1. The van der Waals surface area contributed by atoms with Gasteiger partial charge < -0.3 is 15.4 Å². The Labute approximate surface area is 144 Å². The third-order valence-corrected chi connectivity index (χ3v) is 3.61. The second-order valence-corrected chi connectivity index (χ2v) is 5.34. The van der Waals surface area contributed by atoms with Crippen molar-refractivity contribution < 1.29 is 18.8 Å². The number of amides is 1. The molecule has 0 aliphatic rings. The van der Waals surface area contributed by atoms with Gasteiger partial charge in [-0.1, -0.05) is 12.1 Å². The normalized spacial score (nSPS) is 11.6. The summed E-state index contributed by atoms with van der Waals surface area (Å²) in [5, 5.41) is 16.4. The Morgan fingerprint density at radius 1 is 1.28 bits per heavy atom. The van der Waals surface area contributed by atoms with Crippen molar-refractivity contribution in [2.75, 3.05) is 19.0 Å². The summed E-state index contributed by atoms with van der Waals surface area (Å²) in [7, 11) is 1.41. The highest BCUT2D eigenvalue weighted by molar-refractivity contribution is 5.94. The molecule has 2 aromatic rings. The number of hydrogen-bond acceptors (Lipinski definition) is 5. The molecule has 0 bridgehead atoms.